The number of carbonyl (C=O) groups excluding carboxylic acids is 1. The van der Waals surface area contributed by atoms with Crippen LogP contribution in [-0.4, -0.2) is 20.6 Å². The highest BCUT2D eigenvalue weighted by Gasteiger charge is 2.18. The first-order chi connectivity index (χ1) is 15.8. The third-order valence-electron chi connectivity index (χ3n) is 5.25. The third-order valence-corrected chi connectivity index (χ3v) is 5.54. The molecule has 164 valence electrons. The highest BCUT2D eigenvalue weighted by Crippen LogP contribution is 2.29. The summed E-state index contributed by atoms with van der Waals surface area (Å²) < 4.78 is 15.0. The number of aromatic nitrogens is 2. The molecule has 0 aliphatic rings. The Bertz CT molecular complexity index is 1510. The number of aromatic hydroxyl groups is 1. The number of anilines is 1. The first-order valence-corrected chi connectivity index (χ1v) is 10.2. The number of rotatable bonds is 4. The van der Waals surface area contributed by atoms with Gasteiger partial charge in [0.25, 0.3) is 11.5 Å². The number of nitriles is 1. The Balaban J connectivity index is 1.77. The molecule has 1 atom stereocenters. The summed E-state index contributed by atoms with van der Waals surface area (Å²) in [6, 6.07) is 14.4. The van der Waals surface area contributed by atoms with Crippen LogP contribution in [0.25, 0.3) is 10.9 Å². The molecule has 3 aromatic carbocycles. The van der Waals surface area contributed by atoms with Gasteiger partial charge in [-0.2, -0.15) is 5.26 Å². The molecule has 0 saturated carbocycles. The number of nitrogens with zero attached hydrogens (tertiary/aromatic N) is 3. The quantitative estimate of drug-likeness (QED) is 0.459. The molecule has 0 fully saturated rings. The lowest BCUT2D eigenvalue weighted by Crippen LogP contribution is -2.25. The molecule has 1 amide bonds. The maximum atomic E-state index is 13.7. The lowest BCUT2D eigenvalue weighted by atomic mass is 10.1. The monoisotopic (exact) mass is 462 g/mol. The summed E-state index contributed by atoms with van der Waals surface area (Å²) >= 11 is 5.92. The van der Waals surface area contributed by atoms with Crippen LogP contribution < -0.4 is 10.9 Å². The van der Waals surface area contributed by atoms with Gasteiger partial charge in [0.15, 0.2) is 5.75 Å². The van der Waals surface area contributed by atoms with Crippen molar-refractivity contribution >= 4 is 34.1 Å². The van der Waals surface area contributed by atoms with E-state index in [0.717, 1.165) is 0 Å². The summed E-state index contributed by atoms with van der Waals surface area (Å²) in [5.74, 6) is -1.47. The number of hydrogen-bond donors (Lipinski definition) is 2. The zero-order valence-electron chi connectivity index (χ0n) is 17.2. The highest BCUT2D eigenvalue weighted by molar-refractivity contribution is 6.32. The first-order valence-electron chi connectivity index (χ1n) is 9.79. The number of carbonyl (C=O) groups is 1. The number of nitrogens with one attached hydrogen (secondary N) is 1. The Hall–Kier alpha value is -4.22. The zero-order chi connectivity index (χ0) is 23.7. The van der Waals surface area contributed by atoms with Crippen LogP contribution >= 0.6 is 11.6 Å². The molecule has 4 aromatic rings. The molecule has 33 heavy (non-hydrogen) atoms. The van der Waals surface area contributed by atoms with Crippen LogP contribution in [0.2, 0.25) is 5.02 Å². The van der Waals surface area contributed by atoms with Crippen LogP contribution in [0.15, 0.2) is 65.7 Å². The Kier molecular flexibility index (Phi) is 5.82. The van der Waals surface area contributed by atoms with E-state index < -0.39 is 29.1 Å². The summed E-state index contributed by atoms with van der Waals surface area (Å²) in [4.78, 5) is 30.5. The fraction of sp³-hybridized carbons (Fsp3) is 0.0833. The zero-order valence-corrected chi connectivity index (χ0v) is 18.0. The molecule has 1 heterocycles. The average molecular weight is 463 g/mol. The van der Waals surface area contributed by atoms with Gasteiger partial charge in [-0.15, -0.1) is 0 Å². The third kappa shape index (κ3) is 4.14. The summed E-state index contributed by atoms with van der Waals surface area (Å²) in [7, 11) is 0. The van der Waals surface area contributed by atoms with Crippen LogP contribution in [-0.2, 0) is 0 Å². The number of phenols is 1. The molecule has 0 saturated heterocycles. The van der Waals surface area contributed by atoms with Gasteiger partial charge in [-0.3, -0.25) is 14.2 Å². The summed E-state index contributed by atoms with van der Waals surface area (Å²) in [6.07, 6.45) is 1.38. The number of amides is 1. The van der Waals surface area contributed by atoms with Gasteiger partial charge in [-0.05, 0) is 48.9 Å². The van der Waals surface area contributed by atoms with Gasteiger partial charge in [0.2, 0.25) is 0 Å². The predicted molar refractivity (Wildman–Crippen MR) is 122 cm³/mol. The van der Waals surface area contributed by atoms with Crippen LogP contribution in [0.4, 0.5) is 10.1 Å². The second-order valence-electron chi connectivity index (χ2n) is 7.31. The van der Waals surface area contributed by atoms with Crippen LogP contribution in [0, 0.1) is 17.1 Å². The second-order valence-corrected chi connectivity index (χ2v) is 7.72. The molecular weight excluding hydrogens is 447 g/mol. The fourth-order valence-electron chi connectivity index (χ4n) is 3.50. The van der Waals surface area contributed by atoms with E-state index in [1.54, 1.807) is 43.3 Å². The van der Waals surface area contributed by atoms with E-state index in [1.807, 2.05) is 0 Å². The van der Waals surface area contributed by atoms with Gasteiger partial charge in [0, 0.05) is 5.56 Å². The Morgan fingerprint density at radius 1 is 1.24 bits per heavy atom. The molecular formula is C24H16ClFN4O3. The fourth-order valence-corrected chi connectivity index (χ4v) is 3.71. The molecule has 0 radical (unpaired) electrons. The van der Waals surface area contributed by atoms with Gasteiger partial charge in [0.1, 0.15) is 11.9 Å². The maximum Gasteiger partial charge on any atom is 0.263 e. The highest BCUT2D eigenvalue weighted by atomic mass is 35.5. The SMILES string of the molecule is CC(c1cccc(F)c1)n1cnc2cccc(NC(=O)c3cc(Cl)c(O)c(C#N)c3)c2c1=O. The summed E-state index contributed by atoms with van der Waals surface area (Å²) in [6.45, 7) is 1.74. The largest absolute Gasteiger partial charge is 0.505 e. The van der Waals surface area contributed by atoms with Gasteiger partial charge in [-0.1, -0.05) is 29.8 Å². The molecule has 4 rings (SSSR count). The molecule has 1 aromatic heterocycles. The minimum atomic E-state index is -0.631. The minimum absolute atomic E-state index is 0.0312. The maximum absolute atomic E-state index is 13.7. The number of halogens is 2. The minimum Gasteiger partial charge on any atom is -0.505 e. The van der Waals surface area contributed by atoms with Crippen molar-refractivity contribution in [1.29, 1.82) is 5.26 Å². The van der Waals surface area contributed by atoms with E-state index in [9.17, 15) is 19.1 Å². The Morgan fingerprint density at radius 3 is 2.73 bits per heavy atom. The lowest BCUT2D eigenvalue weighted by Gasteiger charge is -2.17. The van der Waals surface area contributed by atoms with E-state index in [0.29, 0.717) is 11.1 Å². The topological polar surface area (TPSA) is 108 Å². The van der Waals surface area contributed by atoms with Crippen molar-refractivity contribution in [3.05, 3.63) is 98.8 Å². The van der Waals surface area contributed by atoms with E-state index in [4.69, 9.17) is 16.9 Å². The molecule has 0 bridgehead atoms. The average Bonchev–Trinajstić information content (AvgIpc) is 2.80. The number of hydrogen-bond acceptors (Lipinski definition) is 5. The molecule has 9 heteroatoms. The summed E-state index contributed by atoms with van der Waals surface area (Å²) in [5, 5.41) is 21.6. The van der Waals surface area contributed by atoms with Crippen molar-refractivity contribution in [3.63, 3.8) is 0 Å². The van der Waals surface area contributed by atoms with E-state index in [-0.39, 0.29) is 27.2 Å². The van der Waals surface area contributed by atoms with Crippen LogP contribution in [0.5, 0.6) is 5.75 Å². The second kappa shape index (κ2) is 8.73. The van der Waals surface area contributed by atoms with Crippen molar-refractivity contribution in [2.75, 3.05) is 5.32 Å². The first kappa shape index (κ1) is 22.0. The van der Waals surface area contributed by atoms with E-state index in [1.165, 1.54) is 35.2 Å². The van der Waals surface area contributed by atoms with E-state index >= 15 is 0 Å². The molecule has 0 aliphatic heterocycles. The molecule has 0 spiro atoms. The van der Waals surface area contributed by atoms with Crippen molar-refractivity contribution < 1.29 is 14.3 Å². The van der Waals surface area contributed by atoms with Gasteiger partial charge >= 0.3 is 0 Å². The van der Waals surface area contributed by atoms with Gasteiger partial charge in [0.05, 0.1) is 39.5 Å². The van der Waals surface area contributed by atoms with E-state index in [2.05, 4.69) is 10.3 Å². The molecule has 7 nitrogen and oxygen atoms in total. The van der Waals surface area contributed by atoms with Gasteiger partial charge < -0.3 is 10.4 Å². The van der Waals surface area contributed by atoms with Crippen molar-refractivity contribution in [2.24, 2.45) is 0 Å². The standard InChI is InChI=1S/C24H16ClFN4O3/c1-13(14-4-2-5-17(26)9-14)30-12-28-19-6-3-7-20(21(19)24(30)33)29-23(32)15-8-16(11-27)22(31)18(25)10-15/h2-10,12-13,31H,1H3,(H,29,32). The van der Waals surface area contributed by atoms with Crippen molar-refractivity contribution in [1.82, 2.24) is 9.55 Å². The Morgan fingerprint density at radius 2 is 2.00 bits per heavy atom. The van der Waals surface area contributed by atoms with Crippen LogP contribution in [0.3, 0.4) is 0 Å². The number of phenolic OH excluding ortho intramolecular Hbond substituents is 1. The van der Waals surface area contributed by atoms with Crippen molar-refractivity contribution in [3.8, 4) is 11.8 Å². The lowest BCUT2D eigenvalue weighted by molar-refractivity contribution is 0.102. The van der Waals surface area contributed by atoms with Gasteiger partial charge in [-0.25, -0.2) is 9.37 Å². The van der Waals surface area contributed by atoms with Crippen molar-refractivity contribution in [2.45, 2.75) is 13.0 Å². The normalized spacial score (nSPS) is 11.7. The predicted octanol–water partition coefficient (Wildman–Crippen LogP) is 4.63. The molecule has 1 unspecified atom stereocenters. The molecule has 0 aliphatic carbocycles. The summed E-state index contributed by atoms with van der Waals surface area (Å²) in [5.41, 5.74) is 0.610. The number of fused-ring (bicyclic) bond motifs is 1. The molecule has 2 N–H and O–H groups in total. The Labute approximate surface area is 192 Å². The van der Waals surface area contributed by atoms with Crippen LogP contribution in [0.1, 0.15) is 34.5 Å². The smallest absolute Gasteiger partial charge is 0.263 e. The number of benzene rings is 3.